The molecule has 1 rings (SSSR count). The second-order valence-corrected chi connectivity index (χ2v) is 3.61. The molecule has 1 heterocycles. The van der Waals surface area contributed by atoms with E-state index in [9.17, 15) is 14.9 Å². The molecule has 2 N–H and O–H groups in total. The highest BCUT2D eigenvalue weighted by Crippen LogP contribution is 2.09. The summed E-state index contributed by atoms with van der Waals surface area (Å²) in [5.41, 5.74) is 0.205. The quantitative estimate of drug-likeness (QED) is 0.369. The molecule has 6 nitrogen and oxygen atoms in total. The fraction of sp³-hybridized carbons (Fsp3) is 0.375. The van der Waals surface area contributed by atoms with E-state index in [2.05, 4.69) is 26.2 Å². The van der Waals surface area contributed by atoms with Gasteiger partial charge in [0.25, 0.3) is 5.91 Å². The number of carbonyl (C=O) groups is 1. The number of aromatic nitrogens is 1. The van der Waals surface area contributed by atoms with Gasteiger partial charge < -0.3 is 15.4 Å². The second kappa shape index (κ2) is 5.50. The standard InChI is InChI=1S/C8H10BrN3O3/c9-4-1-5-10-8(13)6-2-3-7(11-6)12(14)15/h2-3,11H,1,4-5H2,(H,10,13). The first kappa shape index (κ1) is 11.7. The lowest BCUT2D eigenvalue weighted by Gasteiger charge is -1.98. The minimum Gasteiger partial charge on any atom is -0.358 e. The zero-order valence-corrected chi connectivity index (χ0v) is 9.41. The van der Waals surface area contributed by atoms with Crippen molar-refractivity contribution in [2.45, 2.75) is 6.42 Å². The third-order valence-electron chi connectivity index (χ3n) is 1.71. The molecule has 82 valence electrons. The number of hydrogen-bond acceptors (Lipinski definition) is 3. The average molecular weight is 276 g/mol. The van der Waals surface area contributed by atoms with Crippen LogP contribution in [0.5, 0.6) is 0 Å². The molecule has 0 radical (unpaired) electrons. The van der Waals surface area contributed by atoms with Crippen LogP contribution >= 0.6 is 15.9 Å². The summed E-state index contributed by atoms with van der Waals surface area (Å²) in [5, 5.41) is 13.8. The smallest absolute Gasteiger partial charge is 0.321 e. The predicted octanol–water partition coefficient (Wildman–Crippen LogP) is 1.44. The first-order valence-corrected chi connectivity index (χ1v) is 5.45. The number of amides is 1. The molecule has 0 aromatic carbocycles. The normalized spacial score (nSPS) is 9.93. The molecule has 0 spiro atoms. The number of hydrogen-bond donors (Lipinski definition) is 2. The first-order valence-electron chi connectivity index (χ1n) is 4.32. The molecule has 1 amide bonds. The van der Waals surface area contributed by atoms with Crippen LogP contribution in [-0.4, -0.2) is 27.7 Å². The number of halogens is 1. The van der Waals surface area contributed by atoms with E-state index in [0.29, 0.717) is 6.54 Å². The summed E-state index contributed by atoms with van der Waals surface area (Å²) in [4.78, 5) is 23.6. The van der Waals surface area contributed by atoms with Crippen LogP contribution in [-0.2, 0) is 0 Å². The Morgan fingerprint density at radius 1 is 1.60 bits per heavy atom. The zero-order chi connectivity index (χ0) is 11.3. The largest absolute Gasteiger partial charge is 0.358 e. The van der Waals surface area contributed by atoms with Crippen LogP contribution in [0.4, 0.5) is 5.82 Å². The van der Waals surface area contributed by atoms with Crippen LogP contribution in [0.25, 0.3) is 0 Å². The fourth-order valence-corrected chi connectivity index (χ4v) is 1.27. The van der Waals surface area contributed by atoms with Crippen molar-refractivity contribution >= 4 is 27.7 Å². The van der Waals surface area contributed by atoms with Gasteiger partial charge in [0, 0.05) is 17.9 Å². The Bertz CT molecular complexity index is 364. The Kier molecular flexibility index (Phi) is 4.29. The molecule has 0 unspecified atom stereocenters. The second-order valence-electron chi connectivity index (χ2n) is 2.81. The molecule has 0 saturated carbocycles. The highest BCUT2D eigenvalue weighted by Gasteiger charge is 2.14. The molecule has 0 bridgehead atoms. The van der Waals surface area contributed by atoms with Gasteiger partial charge in [0.1, 0.15) is 0 Å². The zero-order valence-electron chi connectivity index (χ0n) is 7.83. The topological polar surface area (TPSA) is 88.0 Å². The molecular weight excluding hydrogens is 266 g/mol. The SMILES string of the molecule is O=C(NCCCBr)c1ccc([N+](=O)[O-])[nH]1. The van der Waals surface area contributed by atoms with Crippen molar-refractivity contribution in [3.8, 4) is 0 Å². The average Bonchev–Trinajstić information content (AvgIpc) is 2.66. The molecule has 0 aliphatic heterocycles. The Balaban J connectivity index is 2.54. The van der Waals surface area contributed by atoms with Crippen LogP contribution in [0.2, 0.25) is 0 Å². The highest BCUT2D eigenvalue weighted by molar-refractivity contribution is 9.09. The van der Waals surface area contributed by atoms with Crippen molar-refractivity contribution in [2.24, 2.45) is 0 Å². The molecule has 7 heteroatoms. The van der Waals surface area contributed by atoms with Gasteiger partial charge in [-0.05, 0) is 17.4 Å². The van der Waals surface area contributed by atoms with Crippen molar-refractivity contribution in [2.75, 3.05) is 11.9 Å². The number of carbonyl (C=O) groups excluding carboxylic acids is 1. The number of nitro groups is 1. The van der Waals surface area contributed by atoms with Gasteiger partial charge in [-0.25, -0.2) is 4.98 Å². The van der Waals surface area contributed by atoms with E-state index in [-0.39, 0.29) is 17.4 Å². The maximum Gasteiger partial charge on any atom is 0.321 e. The maximum atomic E-state index is 11.4. The van der Waals surface area contributed by atoms with Gasteiger partial charge in [-0.3, -0.25) is 4.79 Å². The summed E-state index contributed by atoms with van der Waals surface area (Å²) in [7, 11) is 0. The molecule has 1 aromatic heterocycles. The van der Waals surface area contributed by atoms with E-state index in [0.717, 1.165) is 11.8 Å². The Labute approximate surface area is 94.3 Å². The van der Waals surface area contributed by atoms with Gasteiger partial charge in [-0.2, -0.15) is 0 Å². The molecule has 0 aliphatic rings. The number of aromatic amines is 1. The summed E-state index contributed by atoms with van der Waals surface area (Å²) < 4.78 is 0. The van der Waals surface area contributed by atoms with Crippen LogP contribution < -0.4 is 5.32 Å². The fourth-order valence-electron chi connectivity index (χ4n) is 0.986. The van der Waals surface area contributed by atoms with Gasteiger partial charge in [0.15, 0.2) is 5.69 Å². The van der Waals surface area contributed by atoms with Crippen molar-refractivity contribution < 1.29 is 9.72 Å². The van der Waals surface area contributed by atoms with Crippen molar-refractivity contribution in [3.05, 3.63) is 27.9 Å². The Hall–Kier alpha value is -1.37. The van der Waals surface area contributed by atoms with Crippen molar-refractivity contribution in [3.63, 3.8) is 0 Å². The van der Waals surface area contributed by atoms with Crippen LogP contribution in [0.3, 0.4) is 0 Å². The number of nitrogens with one attached hydrogen (secondary N) is 2. The van der Waals surface area contributed by atoms with E-state index in [1.807, 2.05) is 0 Å². The maximum absolute atomic E-state index is 11.4. The van der Waals surface area contributed by atoms with Crippen LogP contribution in [0, 0.1) is 10.1 Å². The lowest BCUT2D eigenvalue weighted by molar-refractivity contribution is -0.389. The minimum absolute atomic E-state index is 0.180. The van der Waals surface area contributed by atoms with Gasteiger partial charge >= 0.3 is 5.82 Å². The summed E-state index contributed by atoms with van der Waals surface area (Å²) in [6.45, 7) is 0.539. The van der Waals surface area contributed by atoms with Crippen molar-refractivity contribution in [1.82, 2.24) is 10.3 Å². The molecule has 0 saturated heterocycles. The summed E-state index contributed by atoms with van der Waals surface area (Å²) in [5.74, 6) is -0.510. The van der Waals surface area contributed by atoms with Crippen LogP contribution in [0.15, 0.2) is 12.1 Å². The predicted molar refractivity (Wildman–Crippen MR) is 58.2 cm³/mol. The summed E-state index contributed by atoms with van der Waals surface area (Å²) in [6, 6.07) is 2.65. The van der Waals surface area contributed by atoms with E-state index in [1.54, 1.807) is 0 Å². The molecular formula is C8H10BrN3O3. The molecule has 0 aliphatic carbocycles. The third kappa shape index (κ3) is 3.35. The van der Waals surface area contributed by atoms with E-state index in [1.165, 1.54) is 12.1 Å². The number of H-pyrrole nitrogens is 1. The Morgan fingerprint density at radius 3 is 2.87 bits per heavy atom. The van der Waals surface area contributed by atoms with Crippen molar-refractivity contribution in [1.29, 1.82) is 0 Å². The molecule has 0 atom stereocenters. The minimum atomic E-state index is -0.574. The lowest BCUT2D eigenvalue weighted by atomic mass is 10.4. The van der Waals surface area contributed by atoms with Crippen LogP contribution in [0.1, 0.15) is 16.9 Å². The van der Waals surface area contributed by atoms with Gasteiger partial charge in [-0.15, -0.1) is 0 Å². The van der Waals surface area contributed by atoms with Gasteiger partial charge in [-0.1, -0.05) is 15.9 Å². The molecule has 15 heavy (non-hydrogen) atoms. The number of alkyl halides is 1. The number of rotatable bonds is 5. The highest BCUT2D eigenvalue weighted by atomic mass is 79.9. The van der Waals surface area contributed by atoms with Gasteiger partial charge in [0.2, 0.25) is 0 Å². The van der Waals surface area contributed by atoms with Gasteiger partial charge in [0.05, 0.1) is 0 Å². The van der Waals surface area contributed by atoms with E-state index in [4.69, 9.17) is 0 Å². The Morgan fingerprint density at radius 2 is 2.33 bits per heavy atom. The van der Waals surface area contributed by atoms with E-state index < -0.39 is 4.92 Å². The molecule has 1 aromatic rings. The number of nitrogens with zero attached hydrogens (tertiary/aromatic N) is 1. The van der Waals surface area contributed by atoms with E-state index >= 15 is 0 Å². The third-order valence-corrected chi connectivity index (χ3v) is 2.27. The summed E-state index contributed by atoms with van der Waals surface area (Å²) in [6.07, 6.45) is 0.814. The monoisotopic (exact) mass is 275 g/mol. The summed E-state index contributed by atoms with van der Waals surface area (Å²) >= 11 is 3.23. The lowest BCUT2D eigenvalue weighted by Crippen LogP contribution is -2.24. The first-order chi connectivity index (χ1) is 7.15. The molecule has 0 fully saturated rings.